The molecular weight excluding hydrogens is 369 g/mol. The molecular formula is C19H14FN3O5. The number of hydrogen-bond donors (Lipinski definition) is 2. The molecule has 2 amide bonds. The molecule has 9 heteroatoms. The van der Waals surface area contributed by atoms with Crippen LogP contribution in [0.1, 0.15) is 10.5 Å². The van der Waals surface area contributed by atoms with E-state index in [1.165, 1.54) is 24.3 Å². The van der Waals surface area contributed by atoms with Crippen LogP contribution < -0.4 is 20.3 Å². The Balaban J connectivity index is 1.36. The lowest BCUT2D eigenvalue weighted by atomic mass is 10.1. The molecule has 0 aliphatic carbocycles. The SMILES string of the molecule is O=C(NNC(=O)C1COc2ccccc2O1)c1cc(-c2ccccc2F)on1. The van der Waals surface area contributed by atoms with Gasteiger partial charge in [0.15, 0.2) is 23.0 Å². The van der Waals surface area contributed by atoms with E-state index < -0.39 is 23.7 Å². The zero-order valence-corrected chi connectivity index (χ0v) is 14.3. The first-order valence-electron chi connectivity index (χ1n) is 8.32. The van der Waals surface area contributed by atoms with E-state index in [9.17, 15) is 14.0 Å². The van der Waals surface area contributed by atoms with Crippen LogP contribution in [-0.4, -0.2) is 29.7 Å². The molecule has 3 aromatic rings. The van der Waals surface area contributed by atoms with Crippen LogP contribution >= 0.6 is 0 Å². The van der Waals surface area contributed by atoms with Crippen LogP contribution in [0.4, 0.5) is 4.39 Å². The van der Waals surface area contributed by atoms with Crippen molar-refractivity contribution in [3.8, 4) is 22.8 Å². The van der Waals surface area contributed by atoms with Gasteiger partial charge in [-0.05, 0) is 24.3 Å². The second-order valence-electron chi connectivity index (χ2n) is 5.86. The number of nitrogens with one attached hydrogen (secondary N) is 2. The van der Waals surface area contributed by atoms with E-state index in [0.717, 1.165) is 0 Å². The minimum atomic E-state index is -0.929. The van der Waals surface area contributed by atoms with Crippen LogP contribution in [0.2, 0.25) is 0 Å². The van der Waals surface area contributed by atoms with Crippen molar-refractivity contribution in [2.75, 3.05) is 6.61 Å². The Labute approximate surface area is 158 Å². The molecule has 1 atom stereocenters. The van der Waals surface area contributed by atoms with Crippen LogP contribution in [0, 0.1) is 5.82 Å². The van der Waals surface area contributed by atoms with Crippen LogP contribution in [0.3, 0.4) is 0 Å². The van der Waals surface area contributed by atoms with E-state index in [1.807, 2.05) is 0 Å². The van der Waals surface area contributed by atoms with Crippen molar-refractivity contribution >= 4 is 11.8 Å². The summed E-state index contributed by atoms with van der Waals surface area (Å²) in [5, 5.41) is 3.59. The predicted octanol–water partition coefficient (Wildman–Crippen LogP) is 2.08. The molecule has 2 heterocycles. The van der Waals surface area contributed by atoms with Crippen LogP contribution in [0.5, 0.6) is 11.5 Å². The molecule has 0 saturated heterocycles. The van der Waals surface area contributed by atoms with Crippen molar-refractivity contribution in [1.29, 1.82) is 0 Å². The number of amides is 2. The second-order valence-corrected chi connectivity index (χ2v) is 5.86. The molecule has 28 heavy (non-hydrogen) atoms. The number of hydrazine groups is 1. The van der Waals surface area contributed by atoms with Crippen LogP contribution in [0.15, 0.2) is 59.1 Å². The first-order chi connectivity index (χ1) is 13.6. The number of ether oxygens (including phenoxy) is 2. The van der Waals surface area contributed by atoms with E-state index in [1.54, 1.807) is 30.3 Å². The summed E-state index contributed by atoms with van der Waals surface area (Å²) in [4.78, 5) is 24.3. The van der Waals surface area contributed by atoms with Gasteiger partial charge in [-0.2, -0.15) is 0 Å². The Hall–Kier alpha value is -3.88. The van der Waals surface area contributed by atoms with Crippen LogP contribution in [0.25, 0.3) is 11.3 Å². The Morgan fingerprint density at radius 3 is 2.61 bits per heavy atom. The maximum atomic E-state index is 13.8. The molecule has 2 aromatic carbocycles. The van der Waals surface area contributed by atoms with Gasteiger partial charge in [0.05, 0.1) is 5.56 Å². The highest BCUT2D eigenvalue weighted by Gasteiger charge is 2.28. The van der Waals surface area contributed by atoms with E-state index in [-0.39, 0.29) is 23.6 Å². The number of fused-ring (bicyclic) bond motifs is 1. The summed E-state index contributed by atoms with van der Waals surface area (Å²) in [6, 6.07) is 14.1. The first-order valence-corrected chi connectivity index (χ1v) is 8.32. The predicted molar refractivity (Wildman–Crippen MR) is 93.9 cm³/mol. The Bertz CT molecular complexity index is 1040. The number of carbonyl (C=O) groups excluding carboxylic acids is 2. The summed E-state index contributed by atoms with van der Waals surface area (Å²) in [7, 11) is 0. The summed E-state index contributed by atoms with van der Waals surface area (Å²) >= 11 is 0. The minimum Gasteiger partial charge on any atom is -0.485 e. The molecule has 0 saturated carbocycles. The number of halogens is 1. The van der Waals surface area contributed by atoms with Gasteiger partial charge in [0.1, 0.15) is 12.4 Å². The number of benzene rings is 2. The molecule has 0 radical (unpaired) electrons. The molecule has 2 N–H and O–H groups in total. The smallest absolute Gasteiger partial charge is 0.291 e. The van der Waals surface area contributed by atoms with Crippen molar-refractivity contribution in [3.63, 3.8) is 0 Å². The van der Waals surface area contributed by atoms with Crippen molar-refractivity contribution < 1.29 is 28.0 Å². The average molecular weight is 383 g/mol. The maximum Gasteiger partial charge on any atom is 0.291 e. The number of carbonyl (C=O) groups is 2. The lowest BCUT2D eigenvalue weighted by molar-refractivity contribution is -0.131. The number of hydrogen-bond acceptors (Lipinski definition) is 6. The van der Waals surface area contributed by atoms with Crippen LogP contribution in [-0.2, 0) is 4.79 Å². The largest absolute Gasteiger partial charge is 0.485 e. The van der Waals surface area contributed by atoms with Gasteiger partial charge in [-0.15, -0.1) is 0 Å². The fraction of sp³-hybridized carbons (Fsp3) is 0.105. The van der Waals surface area contributed by atoms with Gasteiger partial charge >= 0.3 is 0 Å². The lowest BCUT2D eigenvalue weighted by Gasteiger charge is -2.25. The molecule has 8 nitrogen and oxygen atoms in total. The zero-order chi connectivity index (χ0) is 19.5. The zero-order valence-electron chi connectivity index (χ0n) is 14.3. The van der Waals surface area contributed by atoms with Gasteiger partial charge in [0.2, 0.25) is 6.10 Å². The molecule has 142 valence electrons. The van der Waals surface area contributed by atoms with Crippen molar-refractivity contribution in [1.82, 2.24) is 16.0 Å². The first kappa shape index (κ1) is 17.5. The fourth-order valence-electron chi connectivity index (χ4n) is 2.58. The van der Waals surface area contributed by atoms with Gasteiger partial charge < -0.3 is 14.0 Å². The number of nitrogens with zero attached hydrogens (tertiary/aromatic N) is 1. The monoisotopic (exact) mass is 383 g/mol. The van der Waals surface area contributed by atoms with Gasteiger partial charge in [-0.3, -0.25) is 20.4 Å². The minimum absolute atomic E-state index is 0.000109. The van der Waals surface area contributed by atoms with E-state index in [2.05, 4.69) is 16.0 Å². The summed E-state index contributed by atoms with van der Waals surface area (Å²) in [6.45, 7) is 0.000109. The normalized spacial score (nSPS) is 15.0. The number of para-hydroxylation sites is 2. The van der Waals surface area contributed by atoms with E-state index in [0.29, 0.717) is 11.5 Å². The number of aromatic nitrogens is 1. The molecule has 0 spiro atoms. The average Bonchev–Trinajstić information content (AvgIpc) is 3.22. The summed E-state index contributed by atoms with van der Waals surface area (Å²) in [5.74, 6) is -0.758. The molecule has 1 aliphatic rings. The molecule has 1 aliphatic heterocycles. The van der Waals surface area contributed by atoms with E-state index in [4.69, 9.17) is 14.0 Å². The second kappa shape index (κ2) is 7.39. The highest BCUT2D eigenvalue weighted by Crippen LogP contribution is 2.30. The molecule has 1 unspecified atom stereocenters. The quantitative estimate of drug-likeness (QED) is 0.672. The lowest BCUT2D eigenvalue weighted by Crippen LogP contribution is -2.50. The Kier molecular flexibility index (Phi) is 4.63. The Morgan fingerprint density at radius 1 is 1.04 bits per heavy atom. The molecule has 0 bridgehead atoms. The fourth-order valence-corrected chi connectivity index (χ4v) is 2.58. The summed E-state index contributed by atoms with van der Waals surface area (Å²) in [5.41, 5.74) is 4.50. The molecule has 1 aromatic heterocycles. The van der Waals surface area contributed by atoms with Crippen molar-refractivity contribution in [3.05, 3.63) is 66.1 Å². The maximum absolute atomic E-state index is 13.8. The van der Waals surface area contributed by atoms with E-state index >= 15 is 0 Å². The third kappa shape index (κ3) is 3.50. The molecule has 4 rings (SSSR count). The third-order valence-electron chi connectivity index (χ3n) is 3.98. The van der Waals surface area contributed by atoms with Crippen molar-refractivity contribution in [2.45, 2.75) is 6.10 Å². The highest BCUT2D eigenvalue weighted by atomic mass is 19.1. The molecule has 0 fully saturated rings. The van der Waals surface area contributed by atoms with Gasteiger partial charge in [0.25, 0.3) is 11.8 Å². The number of rotatable bonds is 3. The summed E-state index contributed by atoms with van der Waals surface area (Å²) < 4.78 is 29.8. The highest BCUT2D eigenvalue weighted by molar-refractivity contribution is 5.94. The Morgan fingerprint density at radius 2 is 1.79 bits per heavy atom. The van der Waals surface area contributed by atoms with Gasteiger partial charge in [0, 0.05) is 6.07 Å². The van der Waals surface area contributed by atoms with Gasteiger partial charge in [-0.25, -0.2) is 4.39 Å². The van der Waals surface area contributed by atoms with Crippen molar-refractivity contribution in [2.24, 2.45) is 0 Å². The summed E-state index contributed by atoms with van der Waals surface area (Å²) in [6.07, 6.45) is -0.929. The van der Waals surface area contributed by atoms with Gasteiger partial charge in [-0.1, -0.05) is 29.4 Å². The third-order valence-corrected chi connectivity index (χ3v) is 3.98. The standard InChI is InChI=1S/C19H14FN3O5/c20-12-6-2-1-5-11(12)16-9-13(23-28-16)18(24)21-22-19(25)17-10-26-14-7-3-4-8-15(14)27-17/h1-9,17H,10H2,(H,21,24)(H,22,25). The topological polar surface area (TPSA) is 103 Å².